The first-order valence-corrected chi connectivity index (χ1v) is 12.1. The molecule has 1 aliphatic heterocycles. The Labute approximate surface area is 223 Å². The number of amides is 4. The quantitative estimate of drug-likeness (QED) is 0.247. The molecule has 4 aromatic rings. The van der Waals surface area contributed by atoms with Crippen LogP contribution in [0.1, 0.15) is 11.1 Å². The summed E-state index contributed by atoms with van der Waals surface area (Å²) in [5, 5.41) is 6.93. The van der Waals surface area contributed by atoms with Gasteiger partial charge in [0.2, 0.25) is 5.91 Å². The Morgan fingerprint density at radius 2 is 1.69 bits per heavy atom. The Balaban J connectivity index is 1.39. The van der Waals surface area contributed by atoms with Crippen molar-refractivity contribution >= 4 is 40.4 Å². The van der Waals surface area contributed by atoms with E-state index in [1.165, 1.54) is 19.2 Å². The van der Waals surface area contributed by atoms with Crippen LogP contribution in [0.5, 0.6) is 11.5 Å². The Kier molecular flexibility index (Phi) is 7.22. The van der Waals surface area contributed by atoms with E-state index in [4.69, 9.17) is 9.47 Å². The number of ether oxygens (including phenoxy) is 2. The second-order valence-corrected chi connectivity index (χ2v) is 8.74. The molecule has 5 rings (SSSR count). The minimum atomic E-state index is -0.713. The predicted octanol–water partition coefficient (Wildman–Crippen LogP) is 5.10. The molecule has 0 spiro atoms. The van der Waals surface area contributed by atoms with Crippen molar-refractivity contribution in [1.82, 2.24) is 10.2 Å². The van der Waals surface area contributed by atoms with Crippen molar-refractivity contribution < 1.29 is 28.2 Å². The van der Waals surface area contributed by atoms with Gasteiger partial charge in [-0.3, -0.25) is 9.59 Å². The highest BCUT2D eigenvalue weighted by atomic mass is 19.1. The summed E-state index contributed by atoms with van der Waals surface area (Å²) in [5.41, 5.74) is 1.78. The third-order valence-corrected chi connectivity index (χ3v) is 6.17. The number of hydrogen-bond donors (Lipinski definition) is 2. The van der Waals surface area contributed by atoms with Gasteiger partial charge in [-0.1, -0.05) is 54.6 Å². The number of imide groups is 1. The predicted molar refractivity (Wildman–Crippen MR) is 145 cm³/mol. The summed E-state index contributed by atoms with van der Waals surface area (Å²) in [6.45, 7) is -0.312. The van der Waals surface area contributed by atoms with Gasteiger partial charge in [0, 0.05) is 5.56 Å². The Morgan fingerprint density at radius 1 is 0.949 bits per heavy atom. The second kappa shape index (κ2) is 11.1. The van der Waals surface area contributed by atoms with E-state index in [0.29, 0.717) is 22.7 Å². The molecular weight excluding hydrogens is 501 g/mol. The van der Waals surface area contributed by atoms with E-state index in [-0.39, 0.29) is 18.1 Å². The lowest BCUT2D eigenvalue weighted by molar-refractivity contribution is -0.127. The topological polar surface area (TPSA) is 97.0 Å². The fourth-order valence-corrected chi connectivity index (χ4v) is 4.23. The van der Waals surface area contributed by atoms with E-state index in [0.717, 1.165) is 21.2 Å². The van der Waals surface area contributed by atoms with Gasteiger partial charge < -0.3 is 20.1 Å². The van der Waals surface area contributed by atoms with Crippen molar-refractivity contribution in [3.8, 4) is 11.5 Å². The maximum Gasteiger partial charge on any atom is 0.329 e. The van der Waals surface area contributed by atoms with Gasteiger partial charge in [0.25, 0.3) is 5.91 Å². The summed E-state index contributed by atoms with van der Waals surface area (Å²) in [5.74, 6) is -0.621. The molecule has 4 amide bonds. The first kappa shape index (κ1) is 25.5. The van der Waals surface area contributed by atoms with Gasteiger partial charge in [-0.25, -0.2) is 14.1 Å². The molecule has 1 aliphatic rings. The van der Waals surface area contributed by atoms with Crippen molar-refractivity contribution in [3.05, 3.63) is 108 Å². The third-order valence-electron chi connectivity index (χ3n) is 6.17. The van der Waals surface area contributed by atoms with Gasteiger partial charge in [0.15, 0.2) is 0 Å². The molecule has 0 saturated carbocycles. The standard InChI is InChI=1S/C30H24FN3O5/c1-38-27-9-5-4-8-24(27)32-28(35)17-34-29(36)25(33-30(34)37)16-23-22-7-3-2-6-20(22)12-15-26(23)39-18-19-10-13-21(31)14-11-19/h2-16H,17-18H2,1H3,(H,32,35)(H,33,37)/b25-16+. The SMILES string of the molecule is COc1ccccc1NC(=O)CN1C(=O)N/C(=C/c2c(OCc3ccc(F)cc3)ccc3ccccc23)C1=O. The molecule has 1 fully saturated rings. The van der Waals surface area contributed by atoms with Crippen LogP contribution < -0.4 is 20.1 Å². The Bertz CT molecular complexity index is 1600. The number of halogens is 1. The normalized spacial score (nSPS) is 14.0. The number of para-hydroxylation sites is 2. The molecule has 39 heavy (non-hydrogen) atoms. The lowest BCUT2D eigenvalue weighted by atomic mass is 10.0. The fraction of sp³-hybridized carbons (Fsp3) is 0.100. The average molecular weight is 526 g/mol. The molecule has 9 heteroatoms. The number of urea groups is 1. The molecule has 0 radical (unpaired) electrons. The molecule has 0 atom stereocenters. The lowest BCUT2D eigenvalue weighted by Gasteiger charge is -2.14. The van der Waals surface area contributed by atoms with Crippen molar-refractivity contribution in [2.75, 3.05) is 19.0 Å². The third kappa shape index (κ3) is 5.57. The van der Waals surface area contributed by atoms with Crippen LogP contribution in [0.2, 0.25) is 0 Å². The van der Waals surface area contributed by atoms with Crippen molar-refractivity contribution in [2.24, 2.45) is 0 Å². The summed E-state index contributed by atoms with van der Waals surface area (Å²) >= 11 is 0. The van der Waals surface area contributed by atoms with Gasteiger partial charge in [-0.2, -0.15) is 0 Å². The highest BCUT2D eigenvalue weighted by Gasteiger charge is 2.35. The molecule has 0 aromatic heterocycles. The monoisotopic (exact) mass is 525 g/mol. The molecule has 1 saturated heterocycles. The number of rotatable bonds is 8. The molecule has 8 nitrogen and oxygen atoms in total. The summed E-state index contributed by atoms with van der Waals surface area (Å²) < 4.78 is 24.6. The number of nitrogens with zero attached hydrogens (tertiary/aromatic N) is 1. The molecule has 0 unspecified atom stereocenters. The zero-order valence-corrected chi connectivity index (χ0v) is 20.9. The van der Waals surface area contributed by atoms with E-state index in [9.17, 15) is 18.8 Å². The van der Waals surface area contributed by atoms with Crippen molar-refractivity contribution in [1.29, 1.82) is 0 Å². The minimum absolute atomic E-state index is 0.00748. The molecule has 1 heterocycles. The summed E-state index contributed by atoms with van der Waals surface area (Å²) in [6, 6.07) is 23.3. The van der Waals surface area contributed by atoms with Gasteiger partial charge >= 0.3 is 6.03 Å². The number of carbonyl (C=O) groups excluding carboxylic acids is 3. The van der Waals surface area contributed by atoms with Crippen LogP contribution in [0.3, 0.4) is 0 Å². The van der Waals surface area contributed by atoms with Crippen LogP contribution in [0.15, 0.2) is 90.6 Å². The van der Waals surface area contributed by atoms with Crippen LogP contribution in [0, 0.1) is 5.82 Å². The number of carbonyl (C=O) groups is 3. The fourth-order valence-electron chi connectivity index (χ4n) is 4.23. The van der Waals surface area contributed by atoms with Crippen molar-refractivity contribution in [2.45, 2.75) is 6.61 Å². The number of nitrogens with one attached hydrogen (secondary N) is 2. The van der Waals surface area contributed by atoms with Gasteiger partial charge in [-0.05, 0) is 52.7 Å². The van der Waals surface area contributed by atoms with E-state index < -0.39 is 24.4 Å². The first-order chi connectivity index (χ1) is 18.9. The van der Waals surface area contributed by atoms with Crippen LogP contribution in [-0.4, -0.2) is 36.4 Å². The number of benzene rings is 4. The highest BCUT2D eigenvalue weighted by Crippen LogP contribution is 2.32. The number of fused-ring (bicyclic) bond motifs is 1. The summed E-state index contributed by atoms with van der Waals surface area (Å²) in [6.07, 6.45) is 1.54. The molecule has 0 aliphatic carbocycles. The number of anilines is 1. The average Bonchev–Trinajstić information content (AvgIpc) is 3.21. The van der Waals surface area contributed by atoms with Crippen LogP contribution in [0.25, 0.3) is 16.8 Å². The Hall–Kier alpha value is -5.18. The molecular formula is C30H24FN3O5. The van der Waals surface area contributed by atoms with Crippen LogP contribution >= 0.6 is 0 Å². The molecule has 4 aromatic carbocycles. The van der Waals surface area contributed by atoms with E-state index >= 15 is 0 Å². The maximum atomic E-state index is 13.3. The largest absolute Gasteiger partial charge is 0.495 e. The van der Waals surface area contributed by atoms with Crippen molar-refractivity contribution in [3.63, 3.8) is 0 Å². The highest BCUT2D eigenvalue weighted by molar-refractivity contribution is 6.16. The van der Waals surface area contributed by atoms with E-state index in [1.807, 2.05) is 30.3 Å². The van der Waals surface area contributed by atoms with Gasteiger partial charge in [0.1, 0.15) is 36.2 Å². The zero-order chi connectivity index (χ0) is 27.4. The number of methoxy groups -OCH3 is 1. The van der Waals surface area contributed by atoms with E-state index in [1.54, 1.807) is 48.5 Å². The smallest absolute Gasteiger partial charge is 0.329 e. The van der Waals surface area contributed by atoms with Crippen LogP contribution in [0.4, 0.5) is 14.9 Å². The van der Waals surface area contributed by atoms with E-state index in [2.05, 4.69) is 10.6 Å². The number of hydrogen-bond acceptors (Lipinski definition) is 5. The summed E-state index contributed by atoms with van der Waals surface area (Å²) in [4.78, 5) is 39.3. The lowest BCUT2D eigenvalue weighted by Crippen LogP contribution is -2.38. The Morgan fingerprint density at radius 3 is 2.49 bits per heavy atom. The van der Waals surface area contributed by atoms with Gasteiger partial charge in [-0.15, -0.1) is 0 Å². The zero-order valence-electron chi connectivity index (χ0n) is 20.9. The van der Waals surface area contributed by atoms with Gasteiger partial charge in [0.05, 0.1) is 12.8 Å². The molecule has 0 bridgehead atoms. The summed E-state index contributed by atoms with van der Waals surface area (Å²) in [7, 11) is 1.48. The molecule has 2 N–H and O–H groups in total. The van der Waals surface area contributed by atoms with Crippen LogP contribution in [-0.2, 0) is 16.2 Å². The first-order valence-electron chi connectivity index (χ1n) is 12.1. The minimum Gasteiger partial charge on any atom is -0.495 e. The maximum absolute atomic E-state index is 13.3. The second-order valence-electron chi connectivity index (χ2n) is 8.74. The molecule has 196 valence electrons.